The van der Waals surface area contributed by atoms with E-state index in [-0.39, 0.29) is 28.3 Å². The van der Waals surface area contributed by atoms with Gasteiger partial charge in [0.2, 0.25) is 0 Å². The molecule has 0 amide bonds. The van der Waals surface area contributed by atoms with Gasteiger partial charge in [0.25, 0.3) is 0 Å². The topological polar surface area (TPSA) is 71.1 Å². The highest BCUT2D eigenvalue weighted by Gasteiger charge is 2.44. The van der Waals surface area contributed by atoms with Crippen LogP contribution in [-0.4, -0.2) is 66.7 Å². The summed E-state index contributed by atoms with van der Waals surface area (Å²) >= 11 is 3.62. The molecule has 0 bridgehead atoms. The van der Waals surface area contributed by atoms with Gasteiger partial charge in [-0.05, 0) is 49.8 Å². The first kappa shape index (κ1) is 23.5. The monoisotopic (exact) mass is 430 g/mol. The lowest BCUT2D eigenvalue weighted by Gasteiger charge is -2.43. The summed E-state index contributed by atoms with van der Waals surface area (Å²) in [6.07, 6.45) is 3.81. The number of ketones is 1. The minimum Gasteiger partial charge on any atom is -0.466 e. The van der Waals surface area contributed by atoms with E-state index in [0.717, 1.165) is 24.3 Å². The van der Waals surface area contributed by atoms with Crippen molar-refractivity contribution < 1.29 is 28.5 Å². The van der Waals surface area contributed by atoms with E-state index in [4.69, 9.17) is 18.9 Å². The summed E-state index contributed by atoms with van der Waals surface area (Å²) < 4.78 is 22.1. The largest absolute Gasteiger partial charge is 0.466 e. The molecular weight excluding hydrogens is 400 g/mol. The average Bonchev–Trinajstić information content (AvgIpc) is 2.71. The number of rotatable bonds is 9. The Balaban J connectivity index is 2.25. The fraction of sp³-hybridized carbons (Fsp3) is 0.700. The summed E-state index contributed by atoms with van der Waals surface area (Å²) in [5, 5.41) is 0. The summed E-state index contributed by atoms with van der Waals surface area (Å²) in [6.45, 7) is 8.47. The molecule has 0 N–H and O–H groups in total. The molecule has 0 aromatic rings. The smallest absolute Gasteiger partial charge is 0.335 e. The Morgan fingerprint density at radius 1 is 1.21 bits per heavy atom. The Morgan fingerprint density at radius 3 is 2.43 bits per heavy atom. The molecule has 0 saturated carbocycles. The fourth-order valence-electron chi connectivity index (χ4n) is 2.92. The Kier molecular flexibility index (Phi) is 9.56. The van der Waals surface area contributed by atoms with E-state index >= 15 is 0 Å². The highest BCUT2D eigenvalue weighted by Crippen LogP contribution is 2.50. The number of thioether (sulfide) groups is 2. The molecule has 0 aromatic carbocycles. The molecule has 0 aromatic heterocycles. The van der Waals surface area contributed by atoms with Gasteiger partial charge in [-0.25, -0.2) is 4.79 Å². The lowest BCUT2D eigenvalue weighted by atomic mass is 10.1. The van der Waals surface area contributed by atoms with E-state index in [2.05, 4.69) is 6.58 Å². The molecule has 2 heterocycles. The van der Waals surface area contributed by atoms with Crippen LogP contribution in [-0.2, 0) is 28.5 Å². The van der Waals surface area contributed by atoms with Crippen molar-refractivity contribution in [2.24, 2.45) is 0 Å². The predicted octanol–water partition coefficient (Wildman–Crippen LogP) is 3.36. The molecule has 2 fully saturated rings. The van der Waals surface area contributed by atoms with Crippen molar-refractivity contribution in [1.29, 1.82) is 0 Å². The molecule has 6 nitrogen and oxygen atoms in total. The lowest BCUT2D eigenvalue weighted by molar-refractivity contribution is -0.184. The zero-order valence-corrected chi connectivity index (χ0v) is 18.5. The zero-order valence-electron chi connectivity index (χ0n) is 16.9. The number of Topliss-reactive ketones (excluding diaryl/α,β-unsaturated/α-hetero) is 1. The first-order valence-electron chi connectivity index (χ1n) is 9.46. The molecule has 0 spiro atoms. The molecule has 28 heavy (non-hydrogen) atoms. The number of carbonyl (C=O) groups is 2. The van der Waals surface area contributed by atoms with Crippen LogP contribution in [0.4, 0.5) is 0 Å². The minimum atomic E-state index is -0.497. The third-order valence-electron chi connectivity index (χ3n) is 4.63. The van der Waals surface area contributed by atoms with Gasteiger partial charge in [-0.3, -0.25) is 4.79 Å². The van der Waals surface area contributed by atoms with Crippen molar-refractivity contribution >= 4 is 35.3 Å². The van der Waals surface area contributed by atoms with Crippen molar-refractivity contribution in [3.63, 3.8) is 0 Å². The van der Waals surface area contributed by atoms with Crippen molar-refractivity contribution in [2.75, 3.05) is 38.4 Å². The number of methoxy groups -OCH3 is 1. The first-order valence-corrected chi connectivity index (χ1v) is 11.4. The van der Waals surface area contributed by atoms with Gasteiger partial charge in [0.1, 0.15) is 6.10 Å². The molecule has 0 aliphatic carbocycles. The summed E-state index contributed by atoms with van der Waals surface area (Å²) in [5.41, 5.74) is 0.873. The zero-order chi connectivity index (χ0) is 20.6. The summed E-state index contributed by atoms with van der Waals surface area (Å²) in [5.74, 6) is 1.48. The Morgan fingerprint density at radius 2 is 1.86 bits per heavy atom. The average molecular weight is 431 g/mol. The molecule has 2 aliphatic heterocycles. The van der Waals surface area contributed by atoms with E-state index in [9.17, 15) is 9.59 Å². The van der Waals surface area contributed by atoms with Crippen LogP contribution in [0, 0.1) is 0 Å². The van der Waals surface area contributed by atoms with Crippen molar-refractivity contribution in [3.05, 3.63) is 23.8 Å². The second-order valence-corrected chi connectivity index (χ2v) is 9.93. The molecule has 0 radical (unpaired) electrons. The van der Waals surface area contributed by atoms with Crippen LogP contribution in [0.2, 0.25) is 0 Å². The summed E-state index contributed by atoms with van der Waals surface area (Å²) in [4.78, 5) is 23.6. The fourth-order valence-corrected chi connectivity index (χ4v) is 6.31. The Labute approximate surface area is 175 Å². The van der Waals surface area contributed by atoms with Gasteiger partial charge in [-0.1, -0.05) is 6.58 Å². The molecule has 2 aliphatic rings. The Hall–Kier alpha value is -0.800. The molecular formula is C20H30O6S2. The quantitative estimate of drug-likeness (QED) is 0.407. The highest BCUT2D eigenvalue weighted by atomic mass is 32.2. The van der Waals surface area contributed by atoms with Crippen LogP contribution >= 0.6 is 23.5 Å². The maximum absolute atomic E-state index is 11.9. The van der Waals surface area contributed by atoms with Crippen LogP contribution < -0.4 is 0 Å². The third kappa shape index (κ3) is 6.62. The predicted molar refractivity (Wildman–Crippen MR) is 113 cm³/mol. The number of ether oxygens (including phenoxy) is 4. The van der Waals surface area contributed by atoms with E-state index in [0.29, 0.717) is 25.2 Å². The van der Waals surface area contributed by atoms with Gasteiger partial charge in [0, 0.05) is 6.42 Å². The molecule has 2 rings (SSSR count). The number of hydrogen-bond donors (Lipinski definition) is 0. The van der Waals surface area contributed by atoms with Crippen LogP contribution in [0.3, 0.4) is 0 Å². The van der Waals surface area contributed by atoms with Gasteiger partial charge in [-0.2, -0.15) is 0 Å². The van der Waals surface area contributed by atoms with Crippen molar-refractivity contribution in [1.82, 2.24) is 0 Å². The van der Waals surface area contributed by atoms with E-state index in [1.54, 1.807) is 6.92 Å². The second kappa shape index (κ2) is 11.4. The number of allylic oxidation sites excluding steroid dienone is 1. The van der Waals surface area contributed by atoms with Crippen LogP contribution in [0.5, 0.6) is 0 Å². The first-order chi connectivity index (χ1) is 13.4. The highest BCUT2D eigenvalue weighted by molar-refractivity contribution is 8.18. The lowest BCUT2D eigenvalue weighted by Crippen LogP contribution is -2.44. The van der Waals surface area contributed by atoms with Gasteiger partial charge >= 0.3 is 5.97 Å². The van der Waals surface area contributed by atoms with Crippen LogP contribution in [0.25, 0.3) is 0 Å². The van der Waals surface area contributed by atoms with Crippen LogP contribution in [0.1, 0.15) is 33.1 Å². The van der Waals surface area contributed by atoms with Crippen molar-refractivity contribution in [2.45, 2.75) is 49.6 Å². The minimum absolute atomic E-state index is 0.00785. The van der Waals surface area contributed by atoms with Gasteiger partial charge in [-0.15, -0.1) is 23.5 Å². The number of carbonyl (C=O) groups excluding carboxylic acids is 2. The normalized spacial score (nSPS) is 21.8. The third-order valence-corrected chi connectivity index (χ3v) is 8.10. The van der Waals surface area contributed by atoms with E-state index in [1.165, 1.54) is 14.0 Å². The maximum atomic E-state index is 11.9. The van der Waals surface area contributed by atoms with Crippen molar-refractivity contribution in [3.8, 4) is 0 Å². The number of esters is 1. The summed E-state index contributed by atoms with van der Waals surface area (Å²) in [6, 6.07) is 0. The Bertz CT molecular complexity index is 592. The van der Waals surface area contributed by atoms with Gasteiger partial charge in [0.05, 0.1) is 36.6 Å². The van der Waals surface area contributed by atoms with E-state index in [1.807, 2.05) is 29.6 Å². The van der Waals surface area contributed by atoms with Gasteiger partial charge < -0.3 is 18.9 Å². The molecule has 8 heteroatoms. The summed E-state index contributed by atoms with van der Waals surface area (Å²) in [7, 11) is 1.32. The van der Waals surface area contributed by atoms with E-state index < -0.39 is 12.1 Å². The standard InChI is InChI=1S/C20H30O6S2/c1-14(16(3)21)11-17(26-13-15(2)19(22)23-4)20(27-9-6-10-28-20)12-18-24-7-5-8-25-18/h11,17-18H,2,5-10,12-13H2,1,3-4H3/b14-11+. The SMILES string of the molecule is C=C(COC(/C=C(\C)C(C)=O)C1(CC2OCCCO2)SCCCS1)C(=O)OC. The molecule has 1 unspecified atom stereocenters. The number of hydrogen-bond acceptors (Lipinski definition) is 8. The maximum Gasteiger partial charge on any atom is 0.335 e. The second-order valence-electron chi connectivity index (χ2n) is 6.82. The van der Waals surface area contributed by atoms with Crippen LogP contribution in [0.15, 0.2) is 23.8 Å². The van der Waals surface area contributed by atoms with Gasteiger partial charge in [0.15, 0.2) is 12.1 Å². The molecule has 1 atom stereocenters. The molecule has 2 saturated heterocycles. The molecule has 158 valence electrons.